The fraction of sp³-hybridized carbons (Fsp3) is 0.0909. The molecule has 1 unspecified atom stereocenters. The first kappa shape index (κ1) is 17.4. The lowest BCUT2D eigenvalue weighted by Crippen LogP contribution is -2.08. The standard InChI is InChI=1S/C22H17N5O/c1-14(15-5-3-2-4-6-15)27-21-17(10-23)11-24-20-8-7-16(9-19(20)21)18-12-25-22(28)26-13-18/h2-9,11-14H,1H3,(H,24,27)(H,25,26,28). The molecule has 6 heteroatoms. The van der Waals surface area contributed by atoms with Crippen LogP contribution in [-0.4, -0.2) is 20.1 Å². The number of anilines is 1. The molecule has 0 fully saturated rings. The van der Waals surface area contributed by atoms with Gasteiger partial charge in [-0.3, -0.25) is 4.98 Å². The Hall–Kier alpha value is -3.98. The molecule has 136 valence electrons. The SMILES string of the molecule is CC(Nc1c(C#N)cnc2ccc(-c3cnc(O)nc3)cc12)c1ccccc1. The van der Waals surface area contributed by atoms with E-state index in [4.69, 9.17) is 0 Å². The van der Waals surface area contributed by atoms with Crippen molar-refractivity contribution >= 4 is 16.6 Å². The molecule has 28 heavy (non-hydrogen) atoms. The van der Waals surface area contributed by atoms with Crippen molar-refractivity contribution < 1.29 is 5.11 Å². The maximum absolute atomic E-state index is 9.60. The average molecular weight is 367 g/mol. The highest BCUT2D eigenvalue weighted by Gasteiger charge is 2.14. The molecule has 0 radical (unpaired) electrons. The second kappa shape index (κ2) is 7.33. The minimum Gasteiger partial charge on any atom is -0.479 e. The lowest BCUT2D eigenvalue weighted by atomic mass is 10.0. The summed E-state index contributed by atoms with van der Waals surface area (Å²) >= 11 is 0. The Morgan fingerprint density at radius 1 is 0.964 bits per heavy atom. The van der Waals surface area contributed by atoms with Crippen LogP contribution in [0.2, 0.25) is 0 Å². The number of aromatic nitrogens is 3. The smallest absolute Gasteiger partial charge is 0.313 e. The van der Waals surface area contributed by atoms with Crippen molar-refractivity contribution in [2.45, 2.75) is 13.0 Å². The van der Waals surface area contributed by atoms with E-state index in [1.165, 1.54) is 0 Å². The summed E-state index contributed by atoms with van der Waals surface area (Å²) in [5, 5.41) is 23.2. The summed E-state index contributed by atoms with van der Waals surface area (Å²) in [5.41, 5.74) is 4.77. The van der Waals surface area contributed by atoms with Crippen LogP contribution in [0, 0.1) is 11.3 Å². The Labute approximate surface area is 162 Å². The zero-order valence-electron chi connectivity index (χ0n) is 15.2. The van der Waals surface area contributed by atoms with E-state index in [1.54, 1.807) is 18.6 Å². The van der Waals surface area contributed by atoms with E-state index in [0.29, 0.717) is 5.56 Å². The van der Waals surface area contributed by atoms with Gasteiger partial charge in [-0.05, 0) is 30.2 Å². The number of aromatic hydroxyl groups is 1. The van der Waals surface area contributed by atoms with E-state index < -0.39 is 0 Å². The van der Waals surface area contributed by atoms with E-state index in [1.807, 2.05) is 48.5 Å². The Morgan fingerprint density at radius 3 is 2.43 bits per heavy atom. The summed E-state index contributed by atoms with van der Waals surface area (Å²) in [4.78, 5) is 12.1. The van der Waals surface area contributed by atoms with E-state index in [2.05, 4.69) is 33.3 Å². The summed E-state index contributed by atoms with van der Waals surface area (Å²) in [6.07, 6.45) is 4.71. The van der Waals surface area contributed by atoms with Crippen LogP contribution < -0.4 is 5.32 Å². The minimum atomic E-state index is -0.267. The molecular formula is C22H17N5O. The van der Waals surface area contributed by atoms with Crippen molar-refractivity contribution in [2.75, 3.05) is 5.32 Å². The minimum absolute atomic E-state index is 0.0135. The third kappa shape index (κ3) is 3.33. The fourth-order valence-electron chi connectivity index (χ4n) is 3.12. The predicted molar refractivity (Wildman–Crippen MR) is 108 cm³/mol. The molecule has 4 rings (SSSR count). The average Bonchev–Trinajstić information content (AvgIpc) is 2.75. The fourth-order valence-corrected chi connectivity index (χ4v) is 3.12. The van der Waals surface area contributed by atoms with Gasteiger partial charge < -0.3 is 10.4 Å². The van der Waals surface area contributed by atoms with Gasteiger partial charge >= 0.3 is 6.01 Å². The Morgan fingerprint density at radius 2 is 1.71 bits per heavy atom. The van der Waals surface area contributed by atoms with Gasteiger partial charge in [0.1, 0.15) is 6.07 Å². The molecule has 0 aliphatic carbocycles. The number of nitrogens with one attached hydrogen (secondary N) is 1. The molecule has 1 atom stereocenters. The van der Waals surface area contributed by atoms with Crippen molar-refractivity contribution in [1.29, 1.82) is 5.26 Å². The molecule has 0 saturated carbocycles. The van der Waals surface area contributed by atoms with Crippen LogP contribution in [0.15, 0.2) is 67.1 Å². The number of fused-ring (bicyclic) bond motifs is 1. The Bertz CT molecular complexity index is 1170. The number of nitrogens with zero attached hydrogens (tertiary/aromatic N) is 4. The largest absolute Gasteiger partial charge is 0.479 e. The summed E-state index contributed by atoms with van der Waals surface area (Å²) in [5.74, 6) is 0. The van der Waals surface area contributed by atoms with Crippen LogP contribution in [0.25, 0.3) is 22.0 Å². The second-order valence-corrected chi connectivity index (χ2v) is 6.44. The zero-order chi connectivity index (χ0) is 19.5. The van der Waals surface area contributed by atoms with Gasteiger partial charge in [0.15, 0.2) is 0 Å². The van der Waals surface area contributed by atoms with Crippen LogP contribution in [-0.2, 0) is 0 Å². The first-order valence-corrected chi connectivity index (χ1v) is 8.81. The van der Waals surface area contributed by atoms with Gasteiger partial charge in [0.05, 0.1) is 16.8 Å². The quantitative estimate of drug-likeness (QED) is 0.554. The van der Waals surface area contributed by atoms with Crippen molar-refractivity contribution in [3.63, 3.8) is 0 Å². The van der Waals surface area contributed by atoms with Crippen LogP contribution in [0.1, 0.15) is 24.1 Å². The summed E-state index contributed by atoms with van der Waals surface area (Å²) in [7, 11) is 0. The Kier molecular flexibility index (Phi) is 4.56. The lowest BCUT2D eigenvalue weighted by molar-refractivity contribution is 0.430. The van der Waals surface area contributed by atoms with Crippen molar-refractivity contribution in [1.82, 2.24) is 15.0 Å². The molecule has 2 aromatic heterocycles. The van der Waals surface area contributed by atoms with Crippen LogP contribution >= 0.6 is 0 Å². The molecular weight excluding hydrogens is 350 g/mol. The van der Waals surface area contributed by atoms with Crippen LogP contribution in [0.4, 0.5) is 5.69 Å². The molecule has 2 aromatic carbocycles. The lowest BCUT2D eigenvalue weighted by Gasteiger charge is -2.18. The highest BCUT2D eigenvalue weighted by molar-refractivity contribution is 5.96. The number of pyridine rings is 1. The van der Waals surface area contributed by atoms with Gasteiger partial charge in [0, 0.05) is 35.6 Å². The van der Waals surface area contributed by atoms with Gasteiger partial charge in [0.2, 0.25) is 0 Å². The summed E-state index contributed by atoms with van der Waals surface area (Å²) in [6.45, 7) is 2.06. The number of nitriles is 1. The Balaban J connectivity index is 1.82. The summed E-state index contributed by atoms with van der Waals surface area (Å²) < 4.78 is 0. The van der Waals surface area contributed by atoms with Gasteiger partial charge in [0.25, 0.3) is 0 Å². The van der Waals surface area contributed by atoms with E-state index in [9.17, 15) is 10.4 Å². The highest BCUT2D eigenvalue weighted by atomic mass is 16.3. The number of benzene rings is 2. The van der Waals surface area contributed by atoms with Crippen LogP contribution in [0.5, 0.6) is 6.01 Å². The molecule has 0 aliphatic rings. The predicted octanol–water partition coefficient (Wildman–Crippen LogP) is 4.44. The molecule has 2 N–H and O–H groups in total. The molecule has 2 heterocycles. The molecule has 0 aliphatic heterocycles. The first-order valence-electron chi connectivity index (χ1n) is 8.81. The third-order valence-electron chi connectivity index (χ3n) is 4.62. The highest BCUT2D eigenvalue weighted by Crippen LogP contribution is 2.32. The normalized spacial score (nSPS) is 11.7. The van der Waals surface area contributed by atoms with E-state index in [-0.39, 0.29) is 12.1 Å². The monoisotopic (exact) mass is 367 g/mol. The number of hydrogen-bond acceptors (Lipinski definition) is 6. The van der Waals surface area contributed by atoms with Crippen molar-refractivity contribution in [3.8, 4) is 23.2 Å². The maximum atomic E-state index is 9.60. The van der Waals surface area contributed by atoms with Crippen molar-refractivity contribution in [2.24, 2.45) is 0 Å². The molecule has 0 amide bonds. The second-order valence-electron chi connectivity index (χ2n) is 6.44. The van der Waals surface area contributed by atoms with Crippen LogP contribution in [0.3, 0.4) is 0 Å². The molecule has 4 aromatic rings. The topological polar surface area (TPSA) is 94.7 Å². The van der Waals surface area contributed by atoms with Gasteiger partial charge in [-0.25, -0.2) is 9.97 Å². The van der Waals surface area contributed by atoms with E-state index in [0.717, 1.165) is 33.3 Å². The first-order chi connectivity index (χ1) is 13.7. The molecule has 0 spiro atoms. The van der Waals surface area contributed by atoms with Crippen molar-refractivity contribution in [3.05, 3.63) is 78.2 Å². The van der Waals surface area contributed by atoms with Gasteiger partial charge in [-0.2, -0.15) is 5.26 Å². The third-order valence-corrected chi connectivity index (χ3v) is 4.62. The molecule has 0 bridgehead atoms. The maximum Gasteiger partial charge on any atom is 0.313 e. The summed E-state index contributed by atoms with van der Waals surface area (Å²) in [6, 6.07) is 17.8. The molecule has 6 nitrogen and oxygen atoms in total. The van der Waals surface area contributed by atoms with Gasteiger partial charge in [-0.1, -0.05) is 36.4 Å². The van der Waals surface area contributed by atoms with Gasteiger partial charge in [-0.15, -0.1) is 0 Å². The van der Waals surface area contributed by atoms with E-state index >= 15 is 0 Å². The zero-order valence-corrected chi connectivity index (χ0v) is 15.2. The number of hydrogen-bond donors (Lipinski definition) is 2. The molecule has 0 saturated heterocycles. The number of rotatable bonds is 4.